The molecule has 45 heavy (non-hydrogen) atoms. The number of halogens is 1. The molecule has 7 nitrogen and oxygen atoms in total. The second kappa shape index (κ2) is 14.1. The number of carbonyl (C=O) groups is 3. The molecular weight excluding hydrogens is 606 g/mol. The Labute approximate surface area is 276 Å². The quantitative estimate of drug-likeness (QED) is 0.186. The van der Waals surface area contributed by atoms with Crippen LogP contribution in [0.25, 0.3) is 0 Å². The fraction of sp³-hybridized carbons (Fsp3) is 0.472. The number of carbonyl (C=O) groups excluding carboxylic acids is 3. The van der Waals surface area contributed by atoms with Gasteiger partial charge in [0.15, 0.2) is 0 Å². The van der Waals surface area contributed by atoms with Crippen molar-refractivity contribution in [1.82, 2.24) is 9.80 Å². The first-order valence-corrected chi connectivity index (χ1v) is 17.1. The van der Waals surface area contributed by atoms with Crippen molar-refractivity contribution in [2.75, 3.05) is 31.1 Å². The molecule has 3 fully saturated rings. The normalized spacial score (nSPS) is 26.5. The lowest BCUT2D eigenvalue weighted by Crippen LogP contribution is -2.55. The predicted molar refractivity (Wildman–Crippen MR) is 182 cm³/mol. The Morgan fingerprint density at radius 2 is 1.69 bits per heavy atom. The van der Waals surface area contributed by atoms with E-state index >= 15 is 0 Å². The summed E-state index contributed by atoms with van der Waals surface area (Å²) in [4.78, 5) is 49.3. The maximum absolute atomic E-state index is 14.8. The standard InChI is InChI=1S/C36H44ClN3O4S/c1-4-21-38(25-26-15-9-8-10-16-26)32(42)29-30-33(43)40(23-13-6-7-14-24-41)31(36(30)20-19-35(29,3)45-36)34(44)39(22-5-2)28-18-12-11-17-27(28)37/h4-5,8-12,15-18,29-31,41H,1-2,6-7,13-14,19-25H2,3H3/t29-,30-,31?,35+,36?/m0/s1. The first kappa shape index (κ1) is 33.3. The van der Waals surface area contributed by atoms with Crippen LogP contribution in [0.3, 0.4) is 0 Å². The van der Waals surface area contributed by atoms with Crippen LogP contribution in [0.4, 0.5) is 5.69 Å². The lowest BCUT2D eigenvalue weighted by molar-refractivity contribution is -0.145. The van der Waals surface area contributed by atoms with Gasteiger partial charge in [0.25, 0.3) is 5.91 Å². The fourth-order valence-corrected chi connectivity index (χ4v) is 10.3. The highest BCUT2D eigenvalue weighted by Gasteiger charge is 2.77. The molecule has 2 aromatic carbocycles. The molecule has 3 heterocycles. The van der Waals surface area contributed by atoms with E-state index in [2.05, 4.69) is 20.1 Å². The lowest BCUT2D eigenvalue weighted by Gasteiger charge is -2.38. The van der Waals surface area contributed by atoms with Gasteiger partial charge in [-0.1, -0.05) is 79.1 Å². The number of aliphatic hydroxyl groups is 1. The highest BCUT2D eigenvalue weighted by molar-refractivity contribution is 8.02. The van der Waals surface area contributed by atoms with E-state index in [4.69, 9.17) is 11.6 Å². The Kier molecular flexibility index (Phi) is 10.5. The van der Waals surface area contributed by atoms with Crippen LogP contribution in [0.1, 0.15) is 51.0 Å². The van der Waals surface area contributed by atoms with E-state index in [0.29, 0.717) is 49.6 Å². The first-order chi connectivity index (χ1) is 21.7. The summed E-state index contributed by atoms with van der Waals surface area (Å²) in [5, 5.41) is 9.71. The van der Waals surface area contributed by atoms with Gasteiger partial charge < -0.3 is 19.8 Å². The van der Waals surface area contributed by atoms with Crippen LogP contribution in [-0.4, -0.2) is 74.4 Å². The van der Waals surface area contributed by atoms with Gasteiger partial charge in [0.2, 0.25) is 11.8 Å². The number of anilines is 1. The summed E-state index contributed by atoms with van der Waals surface area (Å²) in [5.74, 6) is -1.53. The van der Waals surface area contributed by atoms with Crippen molar-refractivity contribution in [3.63, 3.8) is 0 Å². The molecule has 3 aliphatic heterocycles. The van der Waals surface area contributed by atoms with Crippen LogP contribution in [0.15, 0.2) is 79.9 Å². The van der Waals surface area contributed by atoms with Crippen molar-refractivity contribution in [3.05, 3.63) is 90.5 Å². The summed E-state index contributed by atoms with van der Waals surface area (Å²) in [7, 11) is 0. The van der Waals surface area contributed by atoms with Gasteiger partial charge in [0, 0.05) is 37.5 Å². The van der Waals surface area contributed by atoms with Crippen molar-refractivity contribution in [3.8, 4) is 0 Å². The number of hydrogen-bond acceptors (Lipinski definition) is 5. The van der Waals surface area contributed by atoms with Crippen LogP contribution in [0.5, 0.6) is 0 Å². The minimum atomic E-state index is -0.740. The molecule has 5 atom stereocenters. The molecule has 2 unspecified atom stereocenters. The number of amides is 3. The third kappa shape index (κ3) is 6.21. The number of nitrogens with zero attached hydrogens (tertiary/aromatic N) is 3. The van der Waals surface area contributed by atoms with E-state index in [9.17, 15) is 19.5 Å². The van der Waals surface area contributed by atoms with Crippen molar-refractivity contribution in [1.29, 1.82) is 0 Å². The summed E-state index contributed by atoms with van der Waals surface area (Å²) < 4.78 is -1.21. The molecule has 3 saturated heterocycles. The fourth-order valence-electron chi connectivity index (χ4n) is 7.71. The number of likely N-dealkylation sites (tertiary alicyclic amines) is 1. The molecule has 240 valence electrons. The average molecular weight is 650 g/mol. The number of thioether (sulfide) groups is 1. The van der Waals surface area contributed by atoms with Gasteiger partial charge in [-0.3, -0.25) is 14.4 Å². The number of unbranched alkanes of at least 4 members (excludes halogenated alkanes) is 3. The smallest absolute Gasteiger partial charge is 0.251 e. The second-order valence-electron chi connectivity index (χ2n) is 12.6. The van der Waals surface area contributed by atoms with Gasteiger partial charge in [0.1, 0.15) is 6.04 Å². The van der Waals surface area contributed by atoms with Crippen molar-refractivity contribution in [2.24, 2.45) is 11.8 Å². The molecule has 0 radical (unpaired) electrons. The molecule has 0 saturated carbocycles. The highest BCUT2D eigenvalue weighted by Crippen LogP contribution is 2.71. The van der Waals surface area contributed by atoms with Gasteiger partial charge in [-0.05, 0) is 50.3 Å². The zero-order valence-corrected chi connectivity index (χ0v) is 27.6. The van der Waals surface area contributed by atoms with Gasteiger partial charge in [-0.2, -0.15) is 0 Å². The van der Waals surface area contributed by atoms with Gasteiger partial charge in [0.05, 0.1) is 27.3 Å². The number of benzene rings is 2. The molecule has 2 bridgehead atoms. The van der Waals surface area contributed by atoms with Crippen molar-refractivity contribution < 1.29 is 19.5 Å². The van der Waals surface area contributed by atoms with Crippen LogP contribution >= 0.6 is 23.4 Å². The minimum Gasteiger partial charge on any atom is -0.396 e. The number of fused-ring (bicyclic) bond motifs is 1. The molecule has 0 aromatic heterocycles. The summed E-state index contributed by atoms with van der Waals surface area (Å²) in [6.45, 7) is 11.5. The highest BCUT2D eigenvalue weighted by atomic mass is 35.5. The SMILES string of the molecule is C=CCN(Cc1ccccc1)C(=O)[C@@H]1[C@H]2C(=O)N(CCCCCCO)C(C(=O)N(CC=C)c3ccccc3Cl)C23CC[C@@]1(C)S3. The lowest BCUT2D eigenvalue weighted by atomic mass is 9.66. The van der Waals surface area contributed by atoms with E-state index < -0.39 is 27.4 Å². The summed E-state index contributed by atoms with van der Waals surface area (Å²) in [6.07, 6.45) is 7.92. The van der Waals surface area contributed by atoms with Crippen molar-refractivity contribution >= 4 is 46.8 Å². The van der Waals surface area contributed by atoms with Crippen LogP contribution in [0.2, 0.25) is 5.02 Å². The topological polar surface area (TPSA) is 81.2 Å². The third-order valence-electron chi connectivity index (χ3n) is 9.68. The second-order valence-corrected chi connectivity index (χ2v) is 14.9. The Bertz CT molecular complexity index is 1420. The van der Waals surface area contributed by atoms with Crippen LogP contribution < -0.4 is 4.90 Å². The van der Waals surface area contributed by atoms with Crippen LogP contribution in [0, 0.1) is 11.8 Å². The molecule has 3 aliphatic rings. The Balaban J connectivity index is 1.53. The predicted octanol–water partition coefficient (Wildman–Crippen LogP) is 6.11. The van der Waals surface area contributed by atoms with E-state index in [0.717, 1.165) is 24.8 Å². The molecule has 9 heteroatoms. The molecule has 3 amide bonds. The van der Waals surface area contributed by atoms with Gasteiger partial charge in [-0.25, -0.2) is 0 Å². The molecule has 1 N–H and O–H groups in total. The van der Waals surface area contributed by atoms with Crippen LogP contribution in [-0.2, 0) is 20.9 Å². The van der Waals surface area contributed by atoms with Gasteiger partial charge in [-0.15, -0.1) is 24.9 Å². The number of rotatable bonds is 15. The van der Waals surface area contributed by atoms with Gasteiger partial charge >= 0.3 is 0 Å². The number of aliphatic hydroxyl groups excluding tert-OH is 1. The zero-order valence-electron chi connectivity index (χ0n) is 26.1. The Morgan fingerprint density at radius 3 is 2.38 bits per heavy atom. The molecule has 5 rings (SSSR count). The minimum absolute atomic E-state index is 0.0567. The first-order valence-electron chi connectivity index (χ1n) is 15.9. The molecular formula is C36H44ClN3O4S. The van der Waals surface area contributed by atoms with E-state index in [-0.39, 0.29) is 30.9 Å². The van der Waals surface area contributed by atoms with Crippen molar-refractivity contribution in [2.45, 2.75) is 67.5 Å². The maximum atomic E-state index is 14.8. The Morgan fingerprint density at radius 1 is 1.00 bits per heavy atom. The molecule has 2 aromatic rings. The third-order valence-corrected chi connectivity index (χ3v) is 12.0. The average Bonchev–Trinajstić information content (AvgIpc) is 3.60. The summed E-state index contributed by atoms with van der Waals surface area (Å²) in [6, 6.07) is 16.4. The zero-order chi connectivity index (χ0) is 32.2. The summed E-state index contributed by atoms with van der Waals surface area (Å²) in [5.41, 5.74) is 1.59. The largest absolute Gasteiger partial charge is 0.396 e. The number of para-hydroxylation sites is 1. The number of hydrogen-bond donors (Lipinski definition) is 1. The van der Waals surface area contributed by atoms with E-state index in [1.807, 2.05) is 53.4 Å². The Hall–Kier alpha value is -3.07. The van der Waals surface area contributed by atoms with E-state index in [1.165, 1.54) is 0 Å². The maximum Gasteiger partial charge on any atom is 0.251 e. The summed E-state index contributed by atoms with van der Waals surface area (Å²) >= 11 is 8.30. The molecule has 1 spiro atoms. The molecule has 0 aliphatic carbocycles. The monoisotopic (exact) mass is 649 g/mol. The van der Waals surface area contributed by atoms with E-state index in [1.54, 1.807) is 39.8 Å².